The zero-order valence-electron chi connectivity index (χ0n) is 6.20. The second-order valence-corrected chi connectivity index (χ2v) is 1.77. The number of rotatable bonds is 3. The van der Waals surface area contributed by atoms with Crippen LogP contribution < -0.4 is 5.32 Å². The molecule has 1 aromatic rings. The highest BCUT2D eigenvalue weighted by atomic mass is 16.5. The topological polar surface area (TPSA) is 97.0 Å². The van der Waals surface area contributed by atoms with E-state index in [0.717, 1.165) is 0 Å². The van der Waals surface area contributed by atoms with Crippen molar-refractivity contribution in [1.82, 2.24) is 15.4 Å². The van der Waals surface area contributed by atoms with Crippen LogP contribution in [-0.4, -0.2) is 34.9 Å². The highest BCUT2D eigenvalue weighted by molar-refractivity contribution is 5.94. The Bertz CT molecular complexity index is 295. The maximum absolute atomic E-state index is 10.9. The number of ether oxygens (including phenoxy) is 1. The number of H-pyrrole nitrogens is 1. The molecular formula is C5H6N4O3. The van der Waals surface area contributed by atoms with Gasteiger partial charge < -0.3 is 10.1 Å². The number of hydrogen-bond acceptors (Lipinski definition) is 5. The Morgan fingerprint density at radius 1 is 1.67 bits per heavy atom. The summed E-state index contributed by atoms with van der Waals surface area (Å²) in [5.74, 6) is -0.607. The Labute approximate surface area is 67.1 Å². The average molecular weight is 170 g/mol. The van der Waals surface area contributed by atoms with Gasteiger partial charge in [0.2, 0.25) is 12.1 Å². The second-order valence-electron chi connectivity index (χ2n) is 1.77. The molecule has 0 fully saturated rings. The summed E-state index contributed by atoms with van der Waals surface area (Å²) in [6.07, 6.45) is 0.393. The first-order valence-corrected chi connectivity index (χ1v) is 2.99. The molecule has 7 heteroatoms. The summed E-state index contributed by atoms with van der Waals surface area (Å²) in [5.41, 5.74) is -0.0513. The van der Waals surface area contributed by atoms with Crippen molar-refractivity contribution in [3.8, 4) is 0 Å². The van der Waals surface area contributed by atoms with Gasteiger partial charge in [-0.3, -0.25) is 4.79 Å². The molecule has 0 unspecified atom stereocenters. The molecule has 0 bridgehead atoms. The van der Waals surface area contributed by atoms with Crippen LogP contribution in [-0.2, 0) is 9.53 Å². The van der Waals surface area contributed by atoms with Crippen molar-refractivity contribution in [2.45, 2.75) is 0 Å². The molecule has 0 atom stereocenters. The molecule has 0 aliphatic carbocycles. The fraction of sp³-hybridized carbons (Fsp3) is 0.200. The number of esters is 1. The number of nitrogens with one attached hydrogen (secondary N) is 2. The summed E-state index contributed by atoms with van der Waals surface area (Å²) in [5, 5.41) is 11.3. The van der Waals surface area contributed by atoms with Crippen molar-refractivity contribution in [2.75, 3.05) is 12.4 Å². The second kappa shape index (κ2) is 3.46. The van der Waals surface area contributed by atoms with E-state index in [1.54, 1.807) is 0 Å². The van der Waals surface area contributed by atoms with Gasteiger partial charge in [-0.2, -0.15) is 5.21 Å². The highest BCUT2D eigenvalue weighted by Gasteiger charge is 2.15. The predicted molar refractivity (Wildman–Crippen MR) is 37.4 cm³/mol. The SMILES string of the molecule is COC(=O)c1n[nH]nc1NC=O. The number of anilines is 1. The Morgan fingerprint density at radius 2 is 2.42 bits per heavy atom. The van der Waals surface area contributed by atoms with Gasteiger partial charge in [0.1, 0.15) is 0 Å². The number of methoxy groups -OCH3 is 1. The highest BCUT2D eigenvalue weighted by Crippen LogP contribution is 2.06. The van der Waals surface area contributed by atoms with Crippen LogP contribution in [0.1, 0.15) is 10.5 Å². The lowest BCUT2D eigenvalue weighted by Gasteiger charge is -1.94. The third kappa shape index (κ3) is 1.39. The molecule has 2 N–H and O–H groups in total. The van der Waals surface area contributed by atoms with Gasteiger partial charge in [-0.05, 0) is 0 Å². The molecule has 12 heavy (non-hydrogen) atoms. The molecule has 0 aliphatic heterocycles. The minimum absolute atomic E-state index is 0.0513. The predicted octanol–water partition coefficient (Wildman–Crippen LogP) is -0.840. The zero-order valence-corrected chi connectivity index (χ0v) is 6.20. The number of hydrogen-bond donors (Lipinski definition) is 2. The molecule has 1 amide bonds. The summed E-state index contributed by atoms with van der Waals surface area (Å²) in [4.78, 5) is 20.9. The van der Waals surface area contributed by atoms with Gasteiger partial charge in [0.05, 0.1) is 7.11 Å². The van der Waals surface area contributed by atoms with E-state index in [1.165, 1.54) is 7.11 Å². The lowest BCUT2D eigenvalue weighted by atomic mass is 10.4. The van der Waals surface area contributed by atoms with Gasteiger partial charge in [-0.1, -0.05) is 0 Å². The molecule has 0 saturated heterocycles. The van der Waals surface area contributed by atoms with E-state index < -0.39 is 5.97 Å². The molecule has 0 aliphatic rings. The van der Waals surface area contributed by atoms with Crippen LogP contribution in [0.25, 0.3) is 0 Å². The molecule has 1 aromatic heterocycles. The van der Waals surface area contributed by atoms with Crippen LogP contribution >= 0.6 is 0 Å². The Hall–Kier alpha value is -1.92. The molecule has 0 saturated carbocycles. The Kier molecular flexibility index (Phi) is 2.36. The minimum Gasteiger partial charge on any atom is -0.464 e. The maximum atomic E-state index is 10.9. The normalized spacial score (nSPS) is 9.08. The van der Waals surface area contributed by atoms with Crippen molar-refractivity contribution >= 4 is 18.2 Å². The zero-order chi connectivity index (χ0) is 8.97. The number of carbonyl (C=O) groups excluding carboxylic acids is 2. The fourth-order valence-corrected chi connectivity index (χ4v) is 0.626. The van der Waals surface area contributed by atoms with E-state index in [-0.39, 0.29) is 11.5 Å². The van der Waals surface area contributed by atoms with E-state index in [4.69, 9.17) is 0 Å². The van der Waals surface area contributed by atoms with Gasteiger partial charge in [0.25, 0.3) is 0 Å². The van der Waals surface area contributed by atoms with Gasteiger partial charge in [-0.15, -0.1) is 10.2 Å². The van der Waals surface area contributed by atoms with Crippen LogP contribution in [0.4, 0.5) is 5.82 Å². The number of nitrogens with zero attached hydrogens (tertiary/aromatic N) is 2. The third-order valence-electron chi connectivity index (χ3n) is 1.12. The van der Waals surface area contributed by atoms with E-state index in [2.05, 4.69) is 25.5 Å². The minimum atomic E-state index is -0.659. The lowest BCUT2D eigenvalue weighted by molar-refractivity contribution is -0.105. The third-order valence-corrected chi connectivity index (χ3v) is 1.12. The summed E-state index contributed by atoms with van der Waals surface area (Å²) in [6.45, 7) is 0. The lowest BCUT2D eigenvalue weighted by Crippen LogP contribution is -2.06. The summed E-state index contributed by atoms with van der Waals surface area (Å²) < 4.78 is 4.36. The molecule has 64 valence electrons. The number of aromatic nitrogens is 3. The molecule has 0 radical (unpaired) electrons. The average Bonchev–Trinajstić information content (AvgIpc) is 2.52. The van der Waals surface area contributed by atoms with E-state index in [0.29, 0.717) is 6.41 Å². The van der Waals surface area contributed by atoms with E-state index in [9.17, 15) is 9.59 Å². The Morgan fingerprint density at radius 3 is 3.00 bits per heavy atom. The number of amides is 1. The molecule has 7 nitrogen and oxygen atoms in total. The largest absolute Gasteiger partial charge is 0.464 e. The molecule has 0 spiro atoms. The standard InChI is InChI=1S/C5H6N4O3/c1-12-5(11)3-4(6-2-10)8-9-7-3/h2H,1H3,(H2,6,7,8,9,10). The van der Waals surface area contributed by atoms with Gasteiger partial charge in [0, 0.05) is 0 Å². The van der Waals surface area contributed by atoms with Gasteiger partial charge >= 0.3 is 5.97 Å². The Balaban J connectivity index is 2.90. The van der Waals surface area contributed by atoms with Gasteiger partial charge in [0.15, 0.2) is 5.82 Å². The van der Waals surface area contributed by atoms with Crippen molar-refractivity contribution < 1.29 is 14.3 Å². The first kappa shape index (κ1) is 8.18. The smallest absolute Gasteiger partial charge is 0.362 e. The van der Waals surface area contributed by atoms with Gasteiger partial charge in [-0.25, -0.2) is 4.79 Å². The molecule has 1 heterocycles. The number of carbonyl (C=O) groups is 2. The summed E-state index contributed by atoms with van der Waals surface area (Å²) >= 11 is 0. The van der Waals surface area contributed by atoms with Crippen LogP contribution in [0.3, 0.4) is 0 Å². The van der Waals surface area contributed by atoms with Crippen molar-refractivity contribution in [1.29, 1.82) is 0 Å². The first-order valence-electron chi connectivity index (χ1n) is 2.99. The van der Waals surface area contributed by atoms with Crippen LogP contribution in [0.15, 0.2) is 0 Å². The summed E-state index contributed by atoms with van der Waals surface area (Å²) in [7, 11) is 1.21. The first-order chi connectivity index (χ1) is 5.79. The van der Waals surface area contributed by atoms with Crippen LogP contribution in [0.2, 0.25) is 0 Å². The van der Waals surface area contributed by atoms with Crippen molar-refractivity contribution in [3.05, 3.63) is 5.69 Å². The number of aromatic amines is 1. The van der Waals surface area contributed by atoms with E-state index in [1.807, 2.05) is 0 Å². The summed E-state index contributed by atoms with van der Waals surface area (Å²) in [6, 6.07) is 0. The van der Waals surface area contributed by atoms with Crippen LogP contribution in [0.5, 0.6) is 0 Å². The molecule has 0 aromatic carbocycles. The fourth-order valence-electron chi connectivity index (χ4n) is 0.626. The van der Waals surface area contributed by atoms with Crippen molar-refractivity contribution in [3.63, 3.8) is 0 Å². The monoisotopic (exact) mass is 170 g/mol. The quantitative estimate of drug-likeness (QED) is 0.455. The molecule has 1 rings (SSSR count). The van der Waals surface area contributed by atoms with Crippen LogP contribution in [0, 0.1) is 0 Å². The van der Waals surface area contributed by atoms with Crippen molar-refractivity contribution in [2.24, 2.45) is 0 Å². The van der Waals surface area contributed by atoms with E-state index >= 15 is 0 Å². The maximum Gasteiger partial charge on any atom is 0.362 e. The molecular weight excluding hydrogens is 164 g/mol.